The second-order valence-corrected chi connectivity index (χ2v) is 6.13. The van der Waals surface area contributed by atoms with Gasteiger partial charge in [-0.3, -0.25) is 14.4 Å². The molecule has 1 heterocycles. The van der Waals surface area contributed by atoms with Crippen LogP contribution in [0.25, 0.3) is 0 Å². The van der Waals surface area contributed by atoms with E-state index in [1.165, 1.54) is 19.1 Å². The number of fused-ring (bicyclic) bond motifs is 1. The smallest absolute Gasteiger partial charge is 0.260 e. The molecule has 0 spiro atoms. The minimum Gasteiger partial charge on any atom is -0.373 e. The molecule has 0 fully saturated rings. The van der Waals surface area contributed by atoms with Crippen LogP contribution in [0.1, 0.15) is 27.6 Å². The molecule has 2 aliphatic rings. The summed E-state index contributed by atoms with van der Waals surface area (Å²) in [6.45, 7) is 1.53. The highest BCUT2D eigenvalue weighted by atomic mass is 16.3. The third kappa shape index (κ3) is 1.94. The fourth-order valence-electron chi connectivity index (χ4n) is 3.46. The maximum atomic E-state index is 12.9. The summed E-state index contributed by atoms with van der Waals surface area (Å²) in [6.07, 6.45) is 0. The van der Waals surface area contributed by atoms with E-state index in [-0.39, 0.29) is 16.8 Å². The number of carbonyl (C=O) groups is 3. The number of benzene rings is 2. The van der Waals surface area contributed by atoms with Crippen LogP contribution in [-0.2, 0) is 4.79 Å². The van der Waals surface area contributed by atoms with Crippen molar-refractivity contribution >= 4 is 28.9 Å². The first-order valence-electron chi connectivity index (χ1n) is 7.81. The van der Waals surface area contributed by atoms with E-state index in [2.05, 4.69) is 5.10 Å². The molecule has 4 rings (SSSR count). The Labute approximate surface area is 143 Å². The second kappa shape index (κ2) is 5.19. The van der Waals surface area contributed by atoms with Crippen LogP contribution in [0.2, 0.25) is 0 Å². The quantitative estimate of drug-likeness (QED) is 0.849. The van der Waals surface area contributed by atoms with Gasteiger partial charge in [-0.25, -0.2) is 5.01 Å². The zero-order chi connectivity index (χ0) is 17.8. The monoisotopic (exact) mass is 334 g/mol. The van der Waals surface area contributed by atoms with Crippen molar-refractivity contribution in [2.24, 2.45) is 11.0 Å². The summed E-state index contributed by atoms with van der Waals surface area (Å²) in [4.78, 5) is 38.4. The van der Waals surface area contributed by atoms with Crippen molar-refractivity contribution in [3.05, 3.63) is 65.7 Å². The molecular weight excluding hydrogens is 320 g/mol. The molecule has 0 unspecified atom stereocenters. The molecule has 1 amide bonds. The van der Waals surface area contributed by atoms with Crippen LogP contribution in [0, 0.1) is 5.92 Å². The lowest BCUT2D eigenvalue weighted by atomic mass is 9.80. The van der Waals surface area contributed by atoms with Crippen LogP contribution in [0.15, 0.2) is 59.7 Å². The molecule has 6 heteroatoms. The van der Waals surface area contributed by atoms with Gasteiger partial charge in [-0.1, -0.05) is 42.5 Å². The Morgan fingerprint density at radius 2 is 1.44 bits per heavy atom. The largest absolute Gasteiger partial charge is 0.373 e. The number of aliphatic hydroxyl groups is 1. The standard InChI is InChI=1S/C19H14N2O4/c1-11-15(18(24)21(20-11)12-7-3-2-4-8-12)19(25)16(22)13-9-5-6-10-14(13)17(19)23/h2-10,15,25H,1H3/t15-/m0/s1. The summed E-state index contributed by atoms with van der Waals surface area (Å²) in [5.74, 6) is -3.44. The van der Waals surface area contributed by atoms with E-state index in [9.17, 15) is 19.5 Å². The Morgan fingerprint density at radius 1 is 0.920 bits per heavy atom. The SMILES string of the molecule is CC1=NN(c2ccccc2)C(=O)[C@H]1C1(O)C(=O)c2ccccc2C1=O. The van der Waals surface area contributed by atoms with E-state index in [1.807, 2.05) is 0 Å². The van der Waals surface area contributed by atoms with Gasteiger partial charge >= 0.3 is 0 Å². The van der Waals surface area contributed by atoms with Crippen molar-refractivity contribution < 1.29 is 19.5 Å². The highest BCUT2D eigenvalue weighted by Crippen LogP contribution is 2.39. The number of hydrogen-bond acceptors (Lipinski definition) is 5. The molecule has 0 saturated heterocycles. The van der Waals surface area contributed by atoms with E-state index in [4.69, 9.17) is 0 Å². The summed E-state index contributed by atoms with van der Waals surface area (Å²) in [5, 5.41) is 16.3. The van der Waals surface area contributed by atoms with Crippen LogP contribution < -0.4 is 5.01 Å². The molecule has 0 aromatic heterocycles. The number of nitrogens with zero attached hydrogens (tertiary/aromatic N) is 2. The number of hydrazone groups is 1. The number of Topliss-reactive ketones (excluding diaryl/α,β-unsaturated/α-hetero) is 2. The van der Waals surface area contributed by atoms with E-state index in [1.54, 1.807) is 42.5 Å². The lowest BCUT2D eigenvalue weighted by Gasteiger charge is -2.25. The third-order valence-electron chi connectivity index (χ3n) is 4.66. The number of carbonyl (C=O) groups excluding carboxylic acids is 3. The van der Waals surface area contributed by atoms with Gasteiger partial charge in [0, 0.05) is 11.1 Å². The average molecular weight is 334 g/mol. The van der Waals surface area contributed by atoms with Crippen LogP contribution in [0.5, 0.6) is 0 Å². The zero-order valence-electron chi connectivity index (χ0n) is 13.3. The predicted octanol–water partition coefficient (Wildman–Crippen LogP) is 1.84. The molecule has 1 N–H and O–H groups in total. The summed E-state index contributed by atoms with van der Waals surface area (Å²) in [5.41, 5.74) is -1.44. The fraction of sp³-hybridized carbons (Fsp3) is 0.158. The van der Waals surface area contributed by atoms with E-state index in [0.29, 0.717) is 5.69 Å². The number of anilines is 1. The minimum absolute atomic E-state index is 0.133. The molecule has 1 aliphatic carbocycles. The third-order valence-corrected chi connectivity index (χ3v) is 4.66. The maximum absolute atomic E-state index is 12.9. The molecular formula is C19H14N2O4. The van der Waals surface area contributed by atoms with Gasteiger partial charge in [0.1, 0.15) is 5.92 Å². The summed E-state index contributed by atoms with van der Waals surface area (Å²) in [7, 11) is 0. The molecule has 0 radical (unpaired) electrons. The average Bonchev–Trinajstić information content (AvgIpc) is 3.04. The van der Waals surface area contributed by atoms with Gasteiger partial charge in [0.15, 0.2) is 0 Å². The van der Waals surface area contributed by atoms with Gasteiger partial charge in [0.05, 0.1) is 11.4 Å². The lowest BCUT2D eigenvalue weighted by molar-refractivity contribution is -0.123. The van der Waals surface area contributed by atoms with Crippen molar-refractivity contribution in [1.29, 1.82) is 0 Å². The minimum atomic E-state index is -2.45. The van der Waals surface area contributed by atoms with Crippen LogP contribution in [0.4, 0.5) is 5.69 Å². The number of rotatable bonds is 2. The molecule has 124 valence electrons. The molecule has 2 aromatic rings. The second-order valence-electron chi connectivity index (χ2n) is 6.13. The Hall–Kier alpha value is -3.12. The van der Waals surface area contributed by atoms with Crippen molar-refractivity contribution in [2.45, 2.75) is 12.5 Å². The number of ketones is 2. The topological polar surface area (TPSA) is 87.0 Å². The first kappa shape index (κ1) is 15.4. The first-order chi connectivity index (χ1) is 12.0. The highest BCUT2D eigenvalue weighted by Gasteiger charge is 2.62. The van der Waals surface area contributed by atoms with Crippen LogP contribution >= 0.6 is 0 Å². The summed E-state index contributed by atoms with van der Waals surface area (Å²) >= 11 is 0. The Bertz CT molecular complexity index is 914. The number of para-hydroxylation sites is 1. The van der Waals surface area contributed by atoms with Crippen LogP contribution in [0.3, 0.4) is 0 Å². The highest BCUT2D eigenvalue weighted by molar-refractivity contribution is 6.37. The van der Waals surface area contributed by atoms with Gasteiger partial charge in [0.2, 0.25) is 17.2 Å². The maximum Gasteiger partial charge on any atom is 0.260 e. The Kier molecular flexibility index (Phi) is 3.20. The molecule has 0 bridgehead atoms. The normalized spacial score (nSPS) is 21.5. The van der Waals surface area contributed by atoms with Crippen molar-refractivity contribution in [3.8, 4) is 0 Å². The lowest BCUT2D eigenvalue weighted by Crippen LogP contribution is -2.54. The molecule has 1 aliphatic heterocycles. The molecule has 1 atom stereocenters. The number of hydrogen-bond donors (Lipinski definition) is 1. The fourth-order valence-corrected chi connectivity index (χ4v) is 3.46. The van der Waals surface area contributed by atoms with Crippen LogP contribution in [-0.4, -0.2) is 33.9 Å². The van der Waals surface area contributed by atoms with Crippen molar-refractivity contribution in [3.63, 3.8) is 0 Å². The van der Waals surface area contributed by atoms with Gasteiger partial charge in [0.25, 0.3) is 5.91 Å². The number of amides is 1. The summed E-state index contributed by atoms with van der Waals surface area (Å²) in [6, 6.07) is 14.9. The summed E-state index contributed by atoms with van der Waals surface area (Å²) < 4.78 is 0. The van der Waals surface area contributed by atoms with Crippen molar-refractivity contribution in [2.75, 3.05) is 5.01 Å². The van der Waals surface area contributed by atoms with E-state index < -0.39 is 29.0 Å². The molecule has 2 aromatic carbocycles. The predicted molar refractivity (Wildman–Crippen MR) is 90.6 cm³/mol. The van der Waals surface area contributed by atoms with E-state index >= 15 is 0 Å². The Balaban J connectivity index is 1.79. The van der Waals surface area contributed by atoms with Gasteiger partial charge in [-0.05, 0) is 19.1 Å². The Morgan fingerprint density at radius 3 is 2.00 bits per heavy atom. The zero-order valence-corrected chi connectivity index (χ0v) is 13.3. The van der Waals surface area contributed by atoms with E-state index in [0.717, 1.165) is 5.01 Å². The molecule has 25 heavy (non-hydrogen) atoms. The first-order valence-corrected chi connectivity index (χ1v) is 7.81. The van der Waals surface area contributed by atoms with Gasteiger partial charge in [-0.2, -0.15) is 5.10 Å². The molecule has 6 nitrogen and oxygen atoms in total. The van der Waals surface area contributed by atoms with Crippen molar-refractivity contribution in [1.82, 2.24) is 0 Å². The van der Waals surface area contributed by atoms with Gasteiger partial charge < -0.3 is 5.11 Å². The molecule has 0 saturated carbocycles. The van der Waals surface area contributed by atoms with Gasteiger partial charge in [-0.15, -0.1) is 0 Å².